The van der Waals surface area contributed by atoms with Crippen LogP contribution in [0.3, 0.4) is 0 Å². The van der Waals surface area contributed by atoms with Crippen molar-refractivity contribution in [3.8, 4) is 0 Å². The second-order valence-electron chi connectivity index (χ2n) is 5.74. The molecule has 0 bridgehead atoms. The second kappa shape index (κ2) is 7.74. The normalized spacial score (nSPS) is 18.5. The first kappa shape index (κ1) is 17.0. The van der Waals surface area contributed by atoms with Crippen LogP contribution in [0.15, 0.2) is 34.2 Å². The van der Waals surface area contributed by atoms with Crippen molar-refractivity contribution in [1.29, 1.82) is 0 Å². The zero-order valence-corrected chi connectivity index (χ0v) is 13.8. The molecule has 0 spiro atoms. The van der Waals surface area contributed by atoms with Crippen LogP contribution in [0.4, 0.5) is 0 Å². The molecule has 5 nitrogen and oxygen atoms in total. The molecule has 0 atom stereocenters. The molecule has 1 fully saturated rings. The number of aryl methyl sites for hydroxylation is 1. The molecule has 0 saturated carbocycles. The highest BCUT2D eigenvalue weighted by Crippen LogP contribution is 2.15. The summed E-state index contributed by atoms with van der Waals surface area (Å²) in [4.78, 5) is 6.97. The topological polar surface area (TPSA) is 70.0 Å². The number of benzene rings is 1. The average molecular weight is 324 g/mol. The Morgan fingerprint density at radius 1 is 1.05 bits per heavy atom. The van der Waals surface area contributed by atoms with Crippen molar-refractivity contribution in [2.24, 2.45) is 4.99 Å². The number of amidine groups is 1. The fourth-order valence-corrected chi connectivity index (χ4v) is 3.13. The SMILES string of the molecule is C1CCC2=NCCCN2CC1.Cc1ccc(S(=O)(=O)O)cc1. The fraction of sp³-hybridized carbons (Fsp3) is 0.562. The van der Waals surface area contributed by atoms with E-state index in [2.05, 4.69) is 9.89 Å². The average Bonchev–Trinajstić information content (AvgIpc) is 2.72. The molecule has 22 heavy (non-hydrogen) atoms. The molecule has 0 radical (unpaired) electrons. The standard InChI is InChI=1S/C9H16N2.C7H8O3S/c1-2-5-9-10-6-4-8-11(9)7-3-1;1-6-2-4-7(5-3-6)11(8,9)10/h1-8H2;2-5H,1H3,(H,8,9,10). The van der Waals surface area contributed by atoms with Crippen LogP contribution >= 0.6 is 0 Å². The Morgan fingerprint density at radius 3 is 2.41 bits per heavy atom. The molecule has 2 aliphatic rings. The first-order valence-electron chi connectivity index (χ1n) is 7.79. The van der Waals surface area contributed by atoms with E-state index in [0.29, 0.717) is 0 Å². The molecule has 1 aromatic rings. The first-order chi connectivity index (χ1) is 10.5. The van der Waals surface area contributed by atoms with Crippen molar-refractivity contribution in [3.63, 3.8) is 0 Å². The smallest absolute Gasteiger partial charge is 0.294 e. The van der Waals surface area contributed by atoms with Gasteiger partial charge in [0.15, 0.2) is 0 Å². The molecule has 122 valence electrons. The number of aliphatic imine (C=N–C) groups is 1. The van der Waals surface area contributed by atoms with Gasteiger partial charge in [0, 0.05) is 26.1 Å². The lowest BCUT2D eigenvalue weighted by atomic mass is 10.2. The van der Waals surface area contributed by atoms with Crippen molar-refractivity contribution in [3.05, 3.63) is 29.8 Å². The van der Waals surface area contributed by atoms with Gasteiger partial charge in [0.05, 0.1) is 10.7 Å². The van der Waals surface area contributed by atoms with Crippen LogP contribution in [-0.4, -0.2) is 43.3 Å². The van der Waals surface area contributed by atoms with Crippen LogP contribution in [0.5, 0.6) is 0 Å². The summed E-state index contributed by atoms with van der Waals surface area (Å²) in [6.45, 7) is 5.44. The van der Waals surface area contributed by atoms with Gasteiger partial charge in [-0.15, -0.1) is 0 Å². The number of hydrogen-bond acceptors (Lipinski definition) is 4. The van der Waals surface area contributed by atoms with Gasteiger partial charge in [-0.3, -0.25) is 9.55 Å². The molecule has 1 saturated heterocycles. The first-order valence-corrected chi connectivity index (χ1v) is 9.23. The molecule has 1 aromatic carbocycles. The van der Waals surface area contributed by atoms with E-state index in [1.54, 1.807) is 12.1 Å². The third-order valence-electron chi connectivity index (χ3n) is 3.89. The number of fused-ring (bicyclic) bond motifs is 1. The molecule has 6 heteroatoms. The number of hydrogen-bond donors (Lipinski definition) is 1. The highest BCUT2D eigenvalue weighted by Gasteiger charge is 2.16. The summed E-state index contributed by atoms with van der Waals surface area (Å²) in [5.74, 6) is 1.40. The fourth-order valence-electron chi connectivity index (χ4n) is 2.65. The van der Waals surface area contributed by atoms with Crippen molar-refractivity contribution in [1.82, 2.24) is 4.90 Å². The van der Waals surface area contributed by atoms with E-state index < -0.39 is 10.1 Å². The minimum atomic E-state index is -4.02. The third-order valence-corrected chi connectivity index (χ3v) is 4.76. The lowest BCUT2D eigenvalue weighted by molar-refractivity contribution is 0.391. The molecule has 1 N–H and O–H groups in total. The van der Waals surface area contributed by atoms with Crippen LogP contribution in [0.1, 0.15) is 37.7 Å². The summed E-state index contributed by atoms with van der Waals surface area (Å²) < 4.78 is 29.6. The minimum Gasteiger partial charge on any atom is -0.360 e. The lowest BCUT2D eigenvalue weighted by Crippen LogP contribution is -2.34. The largest absolute Gasteiger partial charge is 0.360 e. The highest BCUT2D eigenvalue weighted by molar-refractivity contribution is 7.85. The Kier molecular flexibility index (Phi) is 5.97. The summed E-state index contributed by atoms with van der Waals surface area (Å²) in [6.07, 6.45) is 6.63. The van der Waals surface area contributed by atoms with E-state index in [0.717, 1.165) is 12.1 Å². The zero-order chi connectivity index (χ0) is 16.0. The molecule has 2 heterocycles. The summed E-state index contributed by atoms with van der Waals surface area (Å²) in [5.41, 5.74) is 0.956. The van der Waals surface area contributed by atoms with Crippen LogP contribution in [-0.2, 0) is 10.1 Å². The highest BCUT2D eigenvalue weighted by atomic mass is 32.2. The van der Waals surface area contributed by atoms with Gasteiger partial charge in [0.25, 0.3) is 10.1 Å². The van der Waals surface area contributed by atoms with Crippen molar-refractivity contribution in [2.45, 2.75) is 43.9 Å². The maximum Gasteiger partial charge on any atom is 0.294 e. The molecular formula is C16H24N2O3S. The van der Waals surface area contributed by atoms with Gasteiger partial charge >= 0.3 is 0 Å². The van der Waals surface area contributed by atoms with Crippen molar-refractivity contribution in [2.75, 3.05) is 19.6 Å². The van der Waals surface area contributed by atoms with E-state index in [4.69, 9.17) is 4.55 Å². The Morgan fingerprint density at radius 2 is 1.73 bits per heavy atom. The summed E-state index contributed by atoms with van der Waals surface area (Å²) >= 11 is 0. The van der Waals surface area contributed by atoms with E-state index in [-0.39, 0.29) is 4.90 Å². The Labute approximate surface area is 132 Å². The van der Waals surface area contributed by atoms with Gasteiger partial charge in [-0.05, 0) is 38.3 Å². The van der Waals surface area contributed by atoms with E-state index >= 15 is 0 Å². The summed E-state index contributed by atoms with van der Waals surface area (Å²) in [6, 6.07) is 5.99. The number of rotatable bonds is 1. The van der Waals surface area contributed by atoms with Crippen molar-refractivity contribution >= 4 is 16.0 Å². The van der Waals surface area contributed by atoms with Crippen molar-refractivity contribution < 1.29 is 13.0 Å². The predicted molar refractivity (Wildman–Crippen MR) is 88.0 cm³/mol. The molecule has 0 aliphatic carbocycles. The lowest BCUT2D eigenvalue weighted by Gasteiger charge is -2.27. The Hall–Kier alpha value is -1.40. The third kappa shape index (κ3) is 5.10. The molecular weight excluding hydrogens is 300 g/mol. The van der Waals surface area contributed by atoms with Gasteiger partial charge in [0.2, 0.25) is 0 Å². The minimum absolute atomic E-state index is 0.0666. The summed E-state index contributed by atoms with van der Waals surface area (Å²) in [7, 11) is -4.02. The van der Waals surface area contributed by atoms with Crippen LogP contribution in [0.2, 0.25) is 0 Å². The van der Waals surface area contributed by atoms with Crippen LogP contribution in [0.25, 0.3) is 0 Å². The monoisotopic (exact) mass is 324 g/mol. The quantitative estimate of drug-likeness (QED) is 0.806. The maximum atomic E-state index is 10.5. The molecule has 0 aromatic heterocycles. The molecule has 0 unspecified atom stereocenters. The molecule has 2 aliphatic heterocycles. The van der Waals surface area contributed by atoms with Gasteiger partial charge in [-0.1, -0.05) is 24.1 Å². The second-order valence-corrected chi connectivity index (χ2v) is 7.16. The predicted octanol–water partition coefficient (Wildman–Crippen LogP) is 2.91. The molecule has 3 rings (SSSR count). The van der Waals surface area contributed by atoms with Gasteiger partial charge in [-0.25, -0.2) is 0 Å². The van der Waals surface area contributed by atoms with E-state index in [1.807, 2.05) is 6.92 Å². The molecule has 0 amide bonds. The van der Waals surface area contributed by atoms with E-state index in [1.165, 1.54) is 63.2 Å². The van der Waals surface area contributed by atoms with Gasteiger partial charge < -0.3 is 4.90 Å². The van der Waals surface area contributed by atoms with Crippen LogP contribution < -0.4 is 0 Å². The zero-order valence-electron chi connectivity index (χ0n) is 13.0. The Bertz CT molecular complexity index is 609. The van der Waals surface area contributed by atoms with Gasteiger partial charge in [0.1, 0.15) is 0 Å². The maximum absolute atomic E-state index is 10.5. The Balaban J connectivity index is 0.000000160. The number of nitrogens with zero attached hydrogens (tertiary/aromatic N) is 2. The summed E-state index contributed by atoms with van der Waals surface area (Å²) in [5, 5.41) is 0. The van der Waals surface area contributed by atoms with Gasteiger partial charge in [-0.2, -0.15) is 8.42 Å². The van der Waals surface area contributed by atoms with E-state index in [9.17, 15) is 8.42 Å². The van der Waals surface area contributed by atoms with Crippen LogP contribution in [0, 0.1) is 6.92 Å².